The Kier molecular flexibility index (Phi) is 4.88. The second kappa shape index (κ2) is 5.95. The third-order valence-corrected chi connectivity index (χ3v) is 3.25. The largest absolute Gasteiger partial charge is 0.330 e. The highest BCUT2D eigenvalue weighted by Gasteiger charge is 2.24. The topological polar surface area (TPSA) is 49.6 Å². The first kappa shape index (κ1) is 12.3. The van der Waals surface area contributed by atoms with Crippen LogP contribution in [0.5, 0.6) is 0 Å². The number of piperidine rings is 1. The molecular formula is C11H23N3O. The molecule has 1 heterocycles. The standard InChI is InChI=1S/C11H23N3O/c1-3-13(4-2)11(15)14-7-5-10(9-12)6-8-14/h10H,3-9,12H2,1-2H3. The number of carbonyl (C=O) groups is 1. The monoisotopic (exact) mass is 213 g/mol. The van der Waals surface area contributed by atoms with E-state index >= 15 is 0 Å². The number of hydrogen-bond donors (Lipinski definition) is 1. The Morgan fingerprint density at radius 3 is 2.27 bits per heavy atom. The summed E-state index contributed by atoms with van der Waals surface area (Å²) >= 11 is 0. The van der Waals surface area contributed by atoms with Gasteiger partial charge in [-0.1, -0.05) is 0 Å². The summed E-state index contributed by atoms with van der Waals surface area (Å²) in [6.45, 7) is 8.14. The molecule has 0 aliphatic carbocycles. The van der Waals surface area contributed by atoms with Crippen molar-refractivity contribution in [1.82, 2.24) is 9.80 Å². The Morgan fingerprint density at radius 1 is 1.33 bits per heavy atom. The minimum absolute atomic E-state index is 0.190. The number of rotatable bonds is 3. The Labute approximate surface area is 92.4 Å². The molecule has 4 nitrogen and oxygen atoms in total. The highest BCUT2D eigenvalue weighted by atomic mass is 16.2. The van der Waals surface area contributed by atoms with E-state index in [1.165, 1.54) is 0 Å². The number of carbonyl (C=O) groups excluding carboxylic acids is 1. The minimum atomic E-state index is 0.190. The Hall–Kier alpha value is -0.770. The highest BCUT2D eigenvalue weighted by Crippen LogP contribution is 2.16. The number of nitrogens with two attached hydrogens (primary N) is 1. The Balaban J connectivity index is 2.42. The zero-order valence-electron chi connectivity index (χ0n) is 9.91. The lowest BCUT2D eigenvalue weighted by atomic mass is 9.97. The van der Waals surface area contributed by atoms with Crippen molar-refractivity contribution in [2.75, 3.05) is 32.7 Å². The van der Waals surface area contributed by atoms with Crippen LogP contribution < -0.4 is 5.73 Å². The van der Waals surface area contributed by atoms with Gasteiger partial charge in [0.2, 0.25) is 0 Å². The fraction of sp³-hybridized carbons (Fsp3) is 0.909. The SMILES string of the molecule is CCN(CC)C(=O)N1CCC(CN)CC1. The summed E-state index contributed by atoms with van der Waals surface area (Å²) < 4.78 is 0. The minimum Gasteiger partial charge on any atom is -0.330 e. The number of hydrogen-bond acceptors (Lipinski definition) is 2. The maximum Gasteiger partial charge on any atom is 0.319 e. The summed E-state index contributed by atoms with van der Waals surface area (Å²) in [7, 11) is 0. The summed E-state index contributed by atoms with van der Waals surface area (Å²) in [6.07, 6.45) is 2.12. The van der Waals surface area contributed by atoms with E-state index in [1.807, 2.05) is 23.6 Å². The van der Waals surface area contributed by atoms with Gasteiger partial charge in [0.05, 0.1) is 0 Å². The zero-order chi connectivity index (χ0) is 11.3. The fourth-order valence-corrected chi connectivity index (χ4v) is 2.05. The van der Waals surface area contributed by atoms with Gasteiger partial charge in [-0.3, -0.25) is 0 Å². The van der Waals surface area contributed by atoms with E-state index < -0.39 is 0 Å². The third-order valence-electron chi connectivity index (χ3n) is 3.25. The van der Waals surface area contributed by atoms with Crippen LogP contribution in [0.25, 0.3) is 0 Å². The molecule has 0 spiro atoms. The van der Waals surface area contributed by atoms with Gasteiger partial charge in [-0.25, -0.2) is 4.79 Å². The molecule has 1 aliphatic rings. The molecule has 15 heavy (non-hydrogen) atoms. The van der Waals surface area contributed by atoms with Crippen molar-refractivity contribution < 1.29 is 4.79 Å². The number of likely N-dealkylation sites (tertiary alicyclic amines) is 1. The van der Waals surface area contributed by atoms with E-state index in [0.29, 0.717) is 5.92 Å². The predicted molar refractivity (Wildman–Crippen MR) is 61.7 cm³/mol. The van der Waals surface area contributed by atoms with E-state index in [4.69, 9.17) is 5.73 Å². The molecule has 2 amide bonds. The number of urea groups is 1. The average Bonchev–Trinajstić information content (AvgIpc) is 2.30. The van der Waals surface area contributed by atoms with Gasteiger partial charge >= 0.3 is 6.03 Å². The lowest BCUT2D eigenvalue weighted by molar-refractivity contribution is 0.137. The summed E-state index contributed by atoms with van der Waals surface area (Å²) in [5.74, 6) is 0.616. The van der Waals surface area contributed by atoms with E-state index in [1.54, 1.807) is 0 Å². The van der Waals surface area contributed by atoms with E-state index in [-0.39, 0.29) is 6.03 Å². The number of nitrogens with zero attached hydrogens (tertiary/aromatic N) is 2. The molecule has 1 saturated heterocycles. The van der Waals surface area contributed by atoms with E-state index in [0.717, 1.165) is 45.6 Å². The van der Waals surface area contributed by atoms with Gasteiger partial charge in [0.25, 0.3) is 0 Å². The van der Waals surface area contributed by atoms with Gasteiger partial charge in [0.1, 0.15) is 0 Å². The lowest BCUT2D eigenvalue weighted by Gasteiger charge is -2.34. The Bertz CT molecular complexity index is 196. The molecular weight excluding hydrogens is 190 g/mol. The molecule has 0 bridgehead atoms. The van der Waals surface area contributed by atoms with Crippen LogP contribution >= 0.6 is 0 Å². The smallest absolute Gasteiger partial charge is 0.319 e. The van der Waals surface area contributed by atoms with Crippen LogP contribution in [0, 0.1) is 5.92 Å². The molecule has 0 aromatic carbocycles. The normalized spacial score (nSPS) is 17.9. The molecule has 88 valence electrons. The number of amides is 2. The zero-order valence-corrected chi connectivity index (χ0v) is 9.91. The van der Waals surface area contributed by atoms with Crippen molar-refractivity contribution in [3.05, 3.63) is 0 Å². The highest BCUT2D eigenvalue weighted by molar-refractivity contribution is 5.74. The van der Waals surface area contributed by atoms with E-state index in [2.05, 4.69) is 0 Å². The molecule has 2 N–H and O–H groups in total. The van der Waals surface area contributed by atoms with Crippen molar-refractivity contribution in [1.29, 1.82) is 0 Å². The molecule has 0 unspecified atom stereocenters. The van der Waals surface area contributed by atoms with Gasteiger partial charge in [0, 0.05) is 26.2 Å². The van der Waals surface area contributed by atoms with Crippen LogP contribution in [0.1, 0.15) is 26.7 Å². The van der Waals surface area contributed by atoms with Crippen LogP contribution in [0.15, 0.2) is 0 Å². The average molecular weight is 213 g/mol. The quantitative estimate of drug-likeness (QED) is 0.763. The lowest BCUT2D eigenvalue weighted by Crippen LogP contribution is -2.47. The van der Waals surface area contributed by atoms with Crippen LogP contribution in [-0.4, -0.2) is 48.6 Å². The van der Waals surface area contributed by atoms with Crippen LogP contribution in [0.3, 0.4) is 0 Å². The molecule has 0 atom stereocenters. The summed E-state index contributed by atoms with van der Waals surface area (Å²) in [6, 6.07) is 0.190. The van der Waals surface area contributed by atoms with Crippen molar-refractivity contribution in [2.24, 2.45) is 11.7 Å². The fourth-order valence-electron chi connectivity index (χ4n) is 2.05. The molecule has 4 heteroatoms. The second-order valence-corrected chi connectivity index (χ2v) is 4.12. The molecule has 1 fully saturated rings. The van der Waals surface area contributed by atoms with Gasteiger partial charge in [-0.05, 0) is 39.2 Å². The molecule has 0 aromatic heterocycles. The van der Waals surface area contributed by atoms with Gasteiger partial charge in [0.15, 0.2) is 0 Å². The van der Waals surface area contributed by atoms with Crippen LogP contribution in [-0.2, 0) is 0 Å². The maximum absolute atomic E-state index is 12.0. The van der Waals surface area contributed by atoms with Gasteiger partial charge in [-0.15, -0.1) is 0 Å². The maximum atomic E-state index is 12.0. The van der Waals surface area contributed by atoms with Crippen molar-refractivity contribution in [2.45, 2.75) is 26.7 Å². The van der Waals surface area contributed by atoms with Crippen LogP contribution in [0.2, 0.25) is 0 Å². The van der Waals surface area contributed by atoms with Gasteiger partial charge in [-0.2, -0.15) is 0 Å². The summed E-state index contributed by atoms with van der Waals surface area (Å²) in [5.41, 5.74) is 5.62. The Morgan fingerprint density at radius 2 is 1.87 bits per heavy atom. The van der Waals surface area contributed by atoms with Crippen molar-refractivity contribution in [3.63, 3.8) is 0 Å². The van der Waals surface area contributed by atoms with Crippen molar-refractivity contribution in [3.8, 4) is 0 Å². The van der Waals surface area contributed by atoms with E-state index in [9.17, 15) is 4.79 Å². The predicted octanol–water partition coefficient (Wildman–Crippen LogP) is 1.12. The molecule has 1 aliphatic heterocycles. The molecule has 0 saturated carbocycles. The molecule has 0 aromatic rings. The van der Waals surface area contributed by atoms with Gasteiger partial charge < -0.3 is 15.5 Å². The first-order chi connectivity index (χ1) is 7.22. The first-order valence-corrected chi connectivity index (χ1v) is 5.96. The first-order valence-electron chi connectivity index (χ1n) is 5.96. The van der Waals surface area contributed by atoms with Crippen molar-refractivity contribution >= 4 is 6.03 Å². The second-order valence-electron chi connectivity index (χ2n) is 4.12. The van der Waals surface area contributed by atoms with Crippen LogP contribution in [0.4, 0.5) is 4.79 Å². The molecule has 0 radical (unpaired) electrons. The third kappa shape index (κ3) is 3.09. The molecule has 1 rings (SSSR count). The summed E-state index contributed by atoms with van der Waals surface area (Å²) in [4.78, 5) is 15.8. The summed E-state index contributed by atoms with van der Waals surface area (Å²) in [5, 5.41) is 0.